The van der Waals surface area contributed by atoms with E-state index in [0.29, 0.717) is 6.42 Å². The predicted molar refractivity (Wildman–Crippen MR) is 156 cm³/mol. The summed E-state index contributed by atoms with van der Waals surface area (Å²) in [4.78, 5) is 56.9. The number of nitrogens with two attached hydrogens (primary N) is 1. The Labute approximate surface area is 237 Å². The SMILES string of the molecule is CCC(C)C(NC(=O)CNC(=O)C(Cc1c[nH]c2ccccc12)NC(=O)C(N)Cc1c[nH]c2ccccc12)C(=O)O. The number of benzene rings is 2. The van der Waals surface area contributed by atoms with Gasteiger partial charge in [0.1, 0.15) is 12.1 Å². The number of carbonyl (C=O) groups is 4. The van der Waals surface area contributed by atoms with Gasteiger partial charge in [-0.2, -0.15) is 0 Å². The molecular formula is C30H36N6O5. The number of H-pyrrole nitrogens is 2. The number of aliphatic carboxylic acids is 1. The summed E-state index contributed by atoms with van der Waals surface area (Å²) in [6.45, 7) is 3.11. The molecule has 0 radical (unpaired) electrons. The van der Waals surface area contributed by atoms with Crippen LogP contribution in [0.4, 0.5) is 0 Å². The van der Waals surface area contributed by atoms with Crippen LogP contribution in [0.5, 0.6) is 0 Å². The molecule has 3 amide bonds. The van der Waals surface area contributed by atoms with Crippen molar-refractivity contribution in [1.82, 2.24) is 25.9 Å². The predicted octanol–water partition coefficient (Wildman–Crippen LogP) is 1.98. The van der Waals surface area contributed by atoms with Crippen molar-refractivity contribution in [2.75, 3.05) is 6.54 Å². The smallest absolute Gasteiger partial charge is 0.326 e. The number of nitrogens with one attached hydrogen (secondary N) is 5. The van der Waals surface area contributed by atoms with Crippen molar-refractivity contribution in [3.63, 3.8) is 0 Å². The molecule has 0 spiro atoms. The molecule has 0 aliphatic rings. The minimum atomic E-state index is -1.15. The Bertz CT molecular complexity index is 1540. The zero-order valence-corrected chi connectivity index (χ0v) is 23.1. The van der Waals surface area contributed by atoms with Crippen LogP contribution in [0.1, 0.15) is 31.4 Å². The van der Waals surface area contributed by atoms with Gasteiger partial charge in [0.2, 0.25) is 17.7 Å². The van der Waals surface area contributed by atoms with Gasteiger partial charge in [-0.1, -0.05) is 56.7 Å². The fourth-order valence-corrected chi connectivity index (χ4v) is 4.84. The van der Waals surface area contributed by atoms with E-state index < -0.39 is 48.4 Å². The maximum absolute atomic E-state index is 13.3. The number of hydrogen-bond donors (Lipinski definition) is 7. The highest BCUT2D eigenvalue weighted by Crippen LogP contribution is 2.20. The standard InChI is InChI=1S/C30H36N6O5/c1-3-17(2)27(30(40)41)36-26(37)16-34-29(39)25(13-19-15-33-24-11-7-5-9-21(19)24)35-28(38)22(31)12-18-14-32-23-10-6-4-8-20(18)23/h4-11,14-15,17,22,25,27,32-33H,3,12-13,16,31H2,1-2H3,(H,34,39)(H,35,38)(H,36,37)(H,40,41). The van der Waals surface area contributed by atoms with Gasteiger partial charge in [-0.3, -0.25) is 14.4 Å². The molecule has 2 aromatic carbocycles. The summed E-state index contributed by atoms with van der Waals surface area (Å²) in [6, 6.07) is 12.2. The Morgan fingerprint density at radius 2 is 1.41 bits per heavy atom. The quantitative estimate of drug-likeness (QED) is 0.131. The molecule has 0 bridgehead atoms. The first kappa shape index (κ1) is 29.3. The number of para-hydroxylation sites is 2. The lowest BCUT2D eigenvalue weighted by Gasteiger charge is -2.22. The first-order chi connectivity index (χ1) is 19.7. The van der Waals surface area contributed by atoms with Crippen LogP contribution in [-0.4, -0.2) is 63.4 Å². The molecule has 4 rings (SSSR count). The topological polar surface area (TPSA) is 182 Å². The molecule has 8 N–H and O–H groups in total. The number of carboxylic acids is 1. The van der Waals surface area contributed by atoms with Gasteiger partial charge >= 0.3 is 5.97 Å². The summed E-state index contributed by atoms with van der Waals surface area (Å²) in [5.41, 5.74) is 9.78. The molecule has 0 aliphatic heterocycles. The fourth-order valence-electron chi connectivity index (χ4n) is 4.84. The van der Waals surface area contributed by atoms with Crippen molar-refractivity contribution in [3.05, 3.63) is 72.1 Å². The number of carboxylic acid groups (broad SMARTS) is 1. The number of carbonyl (C=O) groups excluding carboxylic acids is 3. The zero-order chi connectivity index (χ0) is 29.5. The number of rotatable bonds is 13. The first-order valence-corrected chi connectivity index (χ1v) is 13.6. The van der Waals surface area contributed by atoms with Crippen molar-refractivity contribution in [1.29, 1.82) is 0 Å². The second-order valence-electron chi connectivity index (χ2n) is 10.3. The Morgan fingerprint density at radius 3 is 1.98 bits per heavy atom. The van der Waals surface area contributed by atoms with Crippen LogP contribution in [0, 0.1) is 5.92 Å². The molecule has 0 saturated heterocycles. The van der Waals surface area contributed by atoms with E-state index in [1.807, 2.05) is 61.7 Å². The van der Waals surface area contributed by atoms with Crippen molar-refractivity contribution in [3.8, 4) is 0 Å². The largest absolute Gasteiger partial charge is 0.480 e. The van der Waals surface area contributed by atoms with E-state index in [0.717, 1.165) is 32.9 Å². The van der Waals surface area contributed by atoms with E-state index in [-0.39, 0.29) is 18.8 Å². The monoisotopic (exact) mass is 560 g/mol. The summed E-state index contributed by atoms with van der Waals surface area (Å²) in [6.07, 6.45) is 4.55. The zero-order valence-electron chi connectivity index (χ0n) is 23.1. The van der Waals surface area contributed by atoms with Crippen molar-refractivity contribution >= 4 is 45.5 Å². The molecule has 0 saturated carbocycles. The van der Waals surface area contributed by atoms with Crippen molar-refractivity contribution in [2.45, 2.75) is 51.2 Å². The Hall–Kier alpha value is -4.64. The molecule has 4 atom stereocenters. The number of aromatic amines is 2. The van der Waals surface area contributed by atoms with Crippen LogP contribution >= 0.6 is 0 Å². The second kappa shape index (κ2) is 13.1. The summed E-state index contributed by atoms with van der Waals surface area (Å²) < 4.78 is 0. The Kier molecular flexibility index (Phi) is 9.41. The molecule has 11 heteroatoms. The first-order valence-electron chi connectivity index (χ1n) is 13.6. The van der Waals surface area contributed by atoms with Crippen LogP contribution in [0.3, 0.4) is 0 Å². The van der Waals surface area contributed by atoms with Crippen LogP contribution in [0.25, 0.3) is 21.8 Å². The average Bonchev–Trinajstić information content (AvgIpc) is 3.57. The highest BCUT2D eigenvalue weighted by Gasteiger charge is 2.28. The van der Waals surface area contributed by atoms with Crippen molar-refractivity contribution < 1.29 is 24.3 Å². The van der Waals surface area contributed by atoms with Crippen LogP contribution in [-0.2, 0) is 32.0 Å². The lowest BCUT2D eigenvalue weighted by molar-refractivity contribution is -0.143. The number of aromatic nitrogens is 2. The third-order valence-electron chi connectivity index (χ3n) is 7.40. The van der Waals surface area contributed by atoms with E-state index in [4.69, 9.17) is 5.73 Å². The van der Waals surface area contributed by atoms with Crippen LogP contribution in [0.15, 0.2) is 60.9 Å². The summed E-state index contributed by atoms with van der Waals surface area (Å²) in [7, 11) is 0. The molecule has 2 aromatic heterocycles. The van der Waals surface area contributed by atoms with E-state index >= 15 is 0 Å². The molecule has 0 aliphatic carbocycles. The molecule has 2 heterocycles. The third kappa shape index (κ3) is 7.12. The summed E-state index contributed by atoms with van der Waals surface area (Å²) >= 11 is 0. The second-order valence-corrected chi connectivity index (χ2v) is 10.3. The van der Waals surface area contributed by atoms with Gasteiger partial charge in [-0.15, -0.1) is 0 Å². The van der Waals surface area contributed by atoms with E-state index in [1.165, 1.54) is 0 Å². The number of fused-ring (bicyclic) bond motifs is 2. The minimum absolute atomic E-state index is 0.146. The fraction of sp³-hybridized carbons (Fsp3) is 0.333. The van der Waals surface area contributed by atoms with E-state index in [2.05, 4.69) is 25.9 Å². The number of hydrogen-bond acceptors (Lipinski definition) is 5. The van der Waals surface area contributed by atoms with Gasteiger partial charge in [0.15, 0.2) is 0 Å². The molecule has 4 aromatic rings. The normalized spacial score (nSPS) is 14.2. The van der Waals surface area contributed by atoms with Crippen LogP contribution in [0.2, 0.25) is 0 Å². The molecule has 11 nitrogen and oxygen atoms in total. The maximum Gasteiger partial charge on any atom is 0.326 e. The van der Waals surface area contributed by atoms with Crippen molar-refractivity contribution in [2.24, 2.45) is 11.7 Å². The third-order valence-corrected chi connectivity index (χ3v) is 7.40. The van der Waals surface area contributed by atoms with Gasteiger partial charge < -0.3 is 36.8 Å². The lowest BCUT2D eigenvalue weighted by Crippen LogP contribution is -2.55. The molecule has 0 fully saturated rings. The molecule has 216 valence electrons. The Balaban J connectivity index is 1.46. The molecule has 4 unspecified atom stereocenters. The summed E-state index contributed by atoms with van der Waals surface area (Å²) in [5.74, 6) is -3.18. The van der Waals surface area contributed by atoms with Gasteiger partial charge in [0.25, 0.3) is 0 Å². The van der Waals surface area contributed by atoms with E-state index in [9.17, 15) is 24.3 Å². The molecular weight excluding hydrogens is 524 g/mol. The van der Waals surface area contributed by atoms with Gasteiger partial charge in [-0.25, -0.2) is 4.79 Å². The maximum atomic E-state index is 13.3. The molecule has 41 heavy (non-hydrogen) atoms. The highest BCUT2D eigenvalue weighted by atomic mass is 16.4. The summed E-state index contributed by atoms with van der Waals surface area (Å²) in [5, 5.41) is 19.1. The lowest BCUT2D eigenvalue weighted by atomic mass is 9.99. The van der Waals surface area contributed by atoms with Gasteiger partial charge in [0.05, 0.1) is 12.6 Å². The number of amides is 3. The van der Waals surface area contributed by atoms with Gasteiger partial charge in [-0.05, 0) is 35.6 Å². The highest BCUT2D eigenvalue weighted by molar-refractivity contribution is 5.94. The average molecular weight is 561 g/mol. The minimum Gasteiger partial charge on any atom is -0.480 e. The van der Waals surface area contributed by atoms with E-state index in [1.54, 1.807) is 13.1 Å². The van der Waals surface area contributed by atoms with Gasteiger partial charge in [0, 0.05) is 40.6 Å². The van der Waals surface area contributed by atoms with Crippen LogP contribution < -0.4 is 21.7 Å². The Morgan fingerprint density at radius 1 is 0.854 bits per heavy atom.